The molecule has 0 saturated carbocycles. The number of carbonyl (C=O) groups is 1. The molecule has 0 bridgehead atoms. The van der Waals surface area contributed by atoms with Crippen LogP contribution in [0.5, 0.6) is 23.0 Å². The van der Waals surface area contributed by atoms with E-state index in [4.69, 9.17) is 14.2 Å². The van der Waals surface area contributed by atoms with Crippen molar-refractivity contribution in [2.24, 2.45) is 0 Å². The second-order valence-electron chi connectivity index (χ2n) is 5.16. The van der Waals surface area contributed by atoms with E-state index in [-0.39, 0.29) is 11.5 Å². The third kappa shape index (κ3) is 3.68. The van der Waals surface area contributed by atoms with Gasteiger partial charge >= 0.3 is 0 Å². The van der Waals surface area contributed by atoms with Crippen LogP contribution < -0.4 is 14.2 Å². The van der Waals surface area contributed by atoms with Gasteiger partial charge in [-0.25, -0.2) is 0 Å². The standard InChI is InChI=1S/C19H20O5/c1-12-9-14(20)6-7-15(12)16(21)8-5-13-10-17(22-2)19(24-4)18(11-13)23-3/h5-11,20H,1-4H3. The first-order valence-corrected chi connectivity index (χ1v) is 7.32. The van der Waals surface area contributed by atoms with Crippen LogP contribution in [0.2, 0.25) is 0 Å². The highest BCUT2D eigenvalue weighted by Gasteiger charge is 2.12. The molecule has 0 aliphatic rings. The molecule has 0 radical (unpaired) electrons. The van der Waals surface area contributed by atoms with E-state index >= 15 is 0 Å². The fourth-order valence-corrected chi connectivity index (χ4v) is 2.38. The van der Waals surface area contributed by atoms with Crippen LogP contribution in [-0.4, -0.2) is 32.2 Å². The van der Waals surface area contributed by atoms with Gasteiger partial charge in [-0.05, 0) is 54.5 Å². The molecule has 0 fully saturated rings. The summed E-state index contributed by atoms with van der Waals surface area (Å²) in [6.45, 7) is 1.78. The van der Waals surface area contributed by atoms with Gasteiger partial charge < -0.3 is 19.3 Å². The number of aromatic hydroxyl groups is 1. The molecule has 0 spiro atoms. The molecular formula is C19H20O5. The Labute approximate surface area is 141 Å². The van der Waals surface area contributed by atoms with Crippen LogP contribution in [0.1, 0.15) is 21.5 Å². The molecule has 0 saturated heterocycles. The van der Waals surface area contributed by atoms with Crippen LogP contribution in [-0.2, 0) is 0 Å². The lowest BCUT2D eigenvalue weighted by molar-refractivity contribution is 0.104. The maximum Gasteiger partial charge on any atom is 0.203 e. The number of rotatable bonds is 6. The fraction of sp³-hybridized carbons (Fsp3) is 0.211. The lowest BCUT2D eigenvalue weighted by Crippen LogP contribution is -1.98. The molecule has 5 nitrogen and oxygen atoms in total. The molecule has 0 amide bonds. The predicted molar refractivity (Wildman–Crippen MR) is 92.3 cm³/mol. The van der Waals surface area contributed by atoms with Gasteiger partial charge in [-0.2, -0.15) is 0 Å². The smallest absolute Gasteiger partial charge is 0.203 e. The average Bonchev–Trinajstić information content (AvgIpc) is 2.58. The van der Waals surface area contributed by atoms with Gasteiger partial charge in [0.2, 0.25) is 5.75 Å². The molecule has 0 aromatic heterocycles. The predicted octanol–water partition coefficient (Wildman–Crippen LogP) is 3.62. The highest BCUT2D eigenvalue weighted by Crippen LogP contribution is 2.38. The van der Waals surface area contributed by atoms with E-state index in [0.717, 1.165) is 11.1 Å². The average molecular weight is 328 g/mol. The van der Waals surface area contributed by atoms with E-state index in [1.54, 1.807) is 37.3 Å². The third-order valence-corrected chi connectivity index (χ3v) is 3.59. The molecule has 0 heterocycles. The van der Waals surface area contributed by atoms with Crippen LogP contribution in [0.4, 0.5) is 0 Å². The van der Waals surface area contributed by atoms with Gasteiger partial charge in [-0.1, -0.05) is 6.08 Å². The summed E-state index contributed by atoms with van der Waals surface area (Å²) in [5.74, 6) is 1.52. The van der Waals surface area contributed by atoms with Crippen LogP contribution in [0.15, 0.2) is 36.4 Å². The van der Waals surface area contributed by atoms with Crippen molar-refractivity contribution >= 4 is 11.9 Å². The van der Waals surface area contributed by atoms with Crippen LogP contribution in [0.3, 0.4) is 0 Å². The van der Waals surface area contributed by atoms with Gasteiger partial charge in [0, 0.05) is 5.56 Å². The quantitative estimate of drug-likeness (QED) is 0.648. The summed E-state index contributed by atoms with van der Waals surface area (Å²) < 4.78 is 15.9. The summed E-state index contributed by atoms with van der Waals surface area (Å²) >= 11 is 0. The number of hydrogen-bond acceptors (Lipinski definition) is 5. The fourth-order valence-electron chi connectivity index (χ4n) is 2.38. The molecule has 2 aromatic carbocycles. The normalized spacial score (nSPS) is 10.7. The van der Waals surface area contributed by atoms with Crippen molar-refractivity contribution in [3.8, 4) is 23.0 Å². The number of methoxy groups -OCH3 is 3. The minimum absolute atomic E-state index is 0.137. The first kappa shape index (κ1) is 17.4. The summed E-state index contributed by atoms with van der Waals surface area (Å²) in [6, 6.07) is 8.17. The second-order valence-corrected chi connectivity index (χ2v) is 5.16. The van der Waals surface area contributed by atoms with E-state index in [2.05, 4.69) is 0 Å². The van der Waals surface area contributed by atoms with E-state index < -0.39 is 0 Å². The Morgan fingerprint density at radius 1 is 1.00 bits per heavy atom. The summed E-state index contributed by atoms with van der Waals surface area (Å²) in [7, 11) is 4.61. The minimum atomic E-state index is -0.152. The Morgan fingerprint density at radius 3 is 2.12 bits per heavy atom. The maximum atomic E-state index is 12.3. The van der Waals surface area contributed by atoms with Gasteiger partial charge in [0.25, 0.3) is 0 Å². The van der Waals surface area contributed by atoms with Gasteiger partial charge in [-0.3, -0.25) is 4.79 Å². The van der Waals surface area contributed by atoms with Crippen molar-refractivity contribution < 1.29 is 24.1 Å². The monoisotopic (exact) mass is 328 g/mol. The molecular weight excluding hydrogens is 308 g/mol. The topological polar surface area (TPSA) is 65.0 Å². The Balaban J connectivity index is 2.32. The molecule has 1 N–H and O–H groups in total. The molecule has 0 aliphatic carbocycles. The summed E-state index contributed by atoms with van der Waals surface area (Å²) in [5, 5.41) is 9.42. The van der Waals surface area contributed by atoms with Crippen molar-refractivity contribution in [3.05, 3.63) is 53.1 Å². The largest absolute Gasteiger partial charge is 0.508 e. The molecule has 24 heavy (non-hydrogen) atoms. The van der Waals surface area contributed by atoms with Crippen molar-refractivity contribution in [3.63, 3.8) is 0 Å². The first-order valence-electron chi connectivity index (χ1n) is 7.32. The van der Waals surface area contributed by atoms with E-state index in [1.165, 1.54) is 33.5 Å². The lowest BCUT2D eigenvalue weighted by atomic mass is 10.0. The summed E-state index contributed by atoms with van der Waals surface area (Å²) in [5.41, 5.74) is 2.00. The molecule has 126 valence electrons. The maximum absolute atomic E-state index is 12.3. The van der Waals surface area contributed by atoms with E-state index in [9.17, 15) is 9.90 Å². The number of aryl methyl sites for hydroxylation is 1. The van der Waals surface area contributed by atoms with E-state index in [0.29, 0.717) is 22.8 Å². The number of ketones is 1. The molecule has 0 unspecified atom stereocenters. The van der Waals surface area contributed by atoms with Gasteiger partial charge in [0.05, 0.1) is 21.3 Å². The number of phenolic OH excluding ortho intramolecular Hbond substituents is 1. The Morgan fingerprint density at radius 2 is 1.62 bits per heavy atom. The van der Waals surface area contributed by atoms with Crippen LogP contribution >= 0.6 is 0 Å². The van der Waals surface area contributed by atoms with Crippen LogP contribution in [0.25, 0.3) is 6.08 Å². The number of ether oxygens (including phenoxy) is 3. The number of carbonyl (C=O) groups excluding carboxylic acids is 1. The second kappa shape index (κ2) is 7.55. The highest BCUT2D eigenvalue weighted by atomic mass is 16.5. The van der Waals surface area contributed by atoms with Crippen molar-refractivity contribution in [1.29, 1.82) is 0 Å². The first-order chi connectivity index (χ1) is 11.5. The van der Waals surface area contributed by atoms with E-state index in [1.807, 2.05) is 0 Å². The summed E-state index contributed by atoms with van der Waals surface area (Å²) in [4.78, 5) is 12.3. The van der Waals surface area contributed by atoms with Crippen molar-refractivity contribution in [2.75, 3.05) is 21.3 Å². The number of hydrogen-bond donors (Lipinski definition) is 1. The molecule has 2 rings (SSSR count). The lowest BCUT2D eigenvalue weighted by Gasteiger charge is -2.12. The highest BCUT2D eigenvalue weighted by molar-refractivity contribution is 6.07. The minimum Gasteiger partial charge on any atom is -0.508 e. The zero-order valence-electron chi connectivity index (χ0n) is 14.1. The molecule has 2 aromatic rings. The number of allylic oxidation sites excluding steroid dienone is 1. The third-order valence-electron chi connectivity index (χ3n) is 3.59. The van der Waals surface area contributed by atoms with Crippen molar-refractivity contribution in [2.45, 2.75) is 6.92 Å². The summed E-state index contributed by atoms with van der Waals surface area (Å²) in [6.07, 6.45) is 3.15. The molecule has 0 aliphatic heterocycles. The molecule has 5 heteroatoms. The number of benzene rings is 2. The zero-order valence-corrected chi connectivity index (χ0v) is 14.1. The van der Waals surface area contributed by atoms with Crippen molar-refractivity contribution in [1.82, 2.24) is 0 Å². The Kier molecular flexibility index (Phi) is 5.47. The van der Waals surface area contributed by atoms with Gasteiger partial charge in [0.1, 0.15) is 5.75 Å². The molecule has 0 atom stereocenters. The zero-order chi connectivity index (χ0) is 17.7. The van der Waals surface area contributed by atoms with Crippen LogP contribution in [0, 0.1) is 6.92 Å². The SMILES string of the molecule is COc1cc(C=CC(=O)c2ccc(O)cc2C)cc(OC)c1OC. The van der Waals surface area contributed by atoms with Gasteiger partial charge in [-0.15, -0.1) is 0 Å². The Hall–Kier alpha value is -2.95. The Bertz CT molecular complexity index is 752. The number of phenols is 1. The van der Waals surface area contributed by atoms with Gasteiger partial charge in [0.15, 0.2) is 17.3 Å².